The summed E-state index contributed by atoms with van der Waals surface area (Å²) in [5.74, 6) is 0.134. The van der Waals surface area contributed by atoms with Gasteiger partial charge in [0.25, 0.3) is 0 Å². The third kappa shape index (κ3) is 5.76. The topological polar surface area (TPSA) is 42.0 Å². The van der Waals surface area contributed by atoms with Gasteiger partial charge in [0.15, 0.2) is 0 Å². The Bertz CT molecular complexity index is 855. The molecule has 0 atom stereocenters. The number of carbonyl (C=O) groups is 1. The lowest BCUT2D eigenvalue weighted by Crippen LogP contribution is -2.25. The number of aryl methyl sites for hydroxylation is 2. The summed E-state index contributed by atoms with van der Waals surface area (Å²) in [6, 6.07) is 12.6. The Balaban J connectivity index is 1.36. The van der Waals surface area contributed by atoms with Gasteiger partial charge in [-0.25, -0.2) is 4.98 Å². The zero-order chi connectivity index (χ0) is 18.4. The number of nitrogens with zero attached hydrogens (tertiary/aromatic N) is 1. The van der Waals surface area contributed by atoms with Crippen LogP contribution in [0.25, 0.3) is 11.3 Å². The maximum atomic E-state index is 11.9. The van der Waals surface area contributed by atoms with E-state index in [2.05, 4.69) is 68.0 Å². The standard InChI is InChI=1S/C20H21BrN2OS2/c1-14-23-18(13-25-14)16-7-5-15(6-8-16)11-12-22-20(24)4-2-3-17-9-10-19(21)26-17/h5-10,13H,2-4,11-12H2,1H3,(H,22,24). The van der Waals surface area contributed by atoms with E-state index in [0.717, 1.165) is 39.3 Å². The number of carbonyl (C=O) groups excluding carboxylic acids is 1. The van der Waals surface area contributed by atoms with Gasteiger partial charge < -0.3 is 5.32 Å². The molecule has 1 aromatic carbocycles. The molecule has 0 aliphatic carbocycles. The Morgan fingerprint density at radius 3 is 2.62 bits per heavy atom. The molecule has 3 rings (SSSR count). The Hall–Kier alpha value is -1.50. The predicted molar refractivity (Wildman–Crippen MR) is 114 cm³/mol. The van der Waals surface area contributed by atoms with Gasteiger partial charge >= 0.3 is 0 Å². The number of hydrogen-bond donors (Lipinski definition) is 1. The van der Waals surface area contributed by atoms with E-state index in [1.807, 2.05) is 6.92 Å². The van der Waals surface area contributed by atoms with Crippen molar-refractivity contribution in [3.63, 3.8) is 0 Å². The van der Waals surface area contributed by atoms with Crippen LogP contribution in [0.15, 0.2) is 45.6 Å². The second kappa shape index (κ2) is 9.44. The van der Waals surface area contributed by atoms with Gasteiger partial charge in [-0.15, -0.1) is 22.7 Å². The maximum Gasteiger partial charge on any atom is 0.220 e. The molecule has 136 valence electrons. The number of nitrogens with one attached hydrogen (secondary N) is 1. The Morgan fingerprint density at radius 1 is 1.15 bits per heavy atom. The summed E-state index contributed by atoms with van der Waals surface area (Å²) in [6.07, 6.45) is 3.28. The number of rotatable bonds is 8. The molecule has 0 spiro atoms. The van der Waals surface area contributed by atoms with E-state index in [4.69, 9.17) is 0 Å². The van der Waals surface area contributed by atoms with Crippen LogP contribution in [-0.2, 0) is 17.6 Å². The van der Waals surface area contributed by atoms with Crippen molar-refractivity contribution in [1.82, 2.24) is 10.3 Å². The number of halogens is 1. The average molecular weight is 449 g/mol. The number of amides is 1. The fraction of sp³-hybridized carbons (Fsp3) is 0.300. The van der Waals surface area contributed by atoms with Gasteiger partial charge in [-0.2, -0.15) is 0 Å². The molecule has 1 amide bonds. The summed E-state index contributed by atoms with van der Waals surface area (Å²) in [5.41, 5.74) is 3.40. The SMILES string of the molecule is Cc1nc(-c2ccc(CCNC(=O)CCCc3ccc(Br)s3)cc2)cs1. The molecule has 0 saturated heterocycles. The lowest BCUT2D eigenvalue weighted by molar-refractivity contribution is -0.121. The Kier molecular flexibility index (Phi) is 7.00. The molecule has 0 aliphatic heterocycles. The largest absolute Gasteiger partial charge is 0.356 e. The zero-order valence-corrected chi connectivity index (χ0v) is 17.8. The van der Waals surface area contributed by atoms with E-state index in [-0.39, 0.29) is 5.91 Å². The highest BCUT2D eigenvalue weighted by Crippen LogP contribution is 2.23. The quantitative estimate of drug-likeness (QED) is 0.485. The van der Waals surface area contributed by atoms with Crippen molar-refractivity contribution < 1.29 is 4.79 Å². The van der Waals surface area contributed by atoms with Crippen LogP contribution in [0.4, 0.5) is 0 Å². The molecular formula is C20H21BrN2OS2. The average Bonchev–Trinajstić information content (AvgIpc) is 3.24. The van der Waals surface area contributed by atoms with Gasteiger partial charge in [0.05, 0.1) is 14.5 Å². The molecule has 6 heteroatoms. The minimum atomic E-state index is 0.134. The van der Waals surface area contributed by atoms with Crippen molar-refractivity contribution >= 4 is 44.5 Å². The minimum absolute atomic E-state index is 0.134. The summed E-state index contributed by atoms with van der Waals surface area (Å²) in [6.45, 7) is 2.70. The van der Waals surface area contributed by atoms with Crippen molar-refractivity contribution in [3.05, 3.63) is 61.0 Å². The molecule has 0 aliphatic rings. The summed E-state index contributed by atoms with van der Waals surface area (Å²) in [5, 5.41) is 6.18. The van der Waals surface area contributed by atoms with E-state index in [0.29, 0.717) is 13.0 Å². The molecule has 0 fully saturated rings. The number of aromatic nitrogens is 1. The molecule has 0 unspecified atom stereocenters. The number of thiophene rings is 1. The molecule has 3 nitrogen and oxygen atoms in total. The normalized spacial score (nSPS) is 10.8. The Labute approximate surface area is 170 Å². The Morgan fingerprint density at radius 2 is 1.96 bits per heavy atom. The minimum Gasteiger partial charge on any atom is -0.356 e. The fourth-order valence-corrected chi connectivity index (χ4v) is 4.83. The highest BCUT2D eigenvalue weighted by molar-refractivity contribution is 9.11. The van der Waals surface area contributed by atoms with Gasteiger partial charge in [0.1, 0.15) is 0 Å². The van der Waals surface area contributed by atoms with Gasteiger partial charge in [0, 0.05) is 28.8 Å². The van der Waals surface area contributed by atoms with Crippen molar-refractivity contribution in [3.8, 4) is 11.3 Å². The van der Waals surface area contributed by atoms with E-state index >= 15 is 0 Å². The molecule has 26 heavy (non-hydrogen) atoms. The molecule has 3 aromatic rings. The lowest BCUT2D eigenvalue weighted by atomic mass is 10.1. The second-order valence-electron chi connectivity index (χ2n) is 6.11. The predicted octanol–water partition coefficient (Wildman–Crippen LogP) is 5.62. The second-order valence-corrected chi connectivity index (χ2v) is 9.72. The van der Waals surface area contributed by atoms with Crippen LogP contribution in [0.1, 0.15) is 28.3 Å². The van der Waals surface area contributed by atoms with E-state index in [9.17, 15) is 4.79 Å². The lowest BCUT2D eigenvalue weighted by Gasteiger charge is -2.06. The first-order valence-electron chi connectivity index (χ1n) is 8.62. The van der Waals surface area contributed by atoms with Crippen LogP contribution in [0.5, 0.6) is 0 Å². The summed E-state index contributed by atoms with van der Waals surface area (Å²) in [7, 11) is 0. The number of thiazole rings is 1. The fourth-order valence-electron chi connectivity index (χ4n) is 2.68. The van der Waals surface area contributed by atoms with E-state index in [1.54, 1.807) is 22.7 Å². The number of hydrogen-bond acceptors (Lipinski definition) is 4. The molecule has 0 bridgehead atoms. The van der Waals surface area contributed by atoms with E-state index < -0.39 is 0 Å². The van der Waals surface area contributed by atoms with Crippen LogP contribution in [0.3, 0.4) is 0 Å². The highest BCUT2D eigenvalue weighted by Gasteiger charge is 2.05. The molecule has 0 saturated carbocycles. The monoisotopic (exact) mass is 448 g/mol. The summed E-state index contributed by atoms with van der Waals surface area (Å²) in [4.78, 5) is 17.8. The first kappa shape index (κ1) is 19.3. The summed E-state index contributed by atoms with van der Waals surface area (Å²) < 4.78 is 1.15. The molecule has 0 radical (unpaired) electrons. The first-order chi connectivity index (χ1) is 12.6. The third-order valence-electron chi connectivity index (χ3n) is 4.06. The number of benzene rings is 1. The van der Waals surface area contributed by atoms with Gasteiger partial charge in [-0.3, -0.25) is 4.79 Å². The van der Waals surface area contributed by atoms with Gasteiger partial charge in [0.2, 0.25) is 5.91 Å². The van der Waals surface area contributed by atoms with Gasteiger partial charge in [-0.1, -0.05) is 24.3 Å². The van der Waals surface area contributed by atoms with Crippen molar-refractivity contribution in [1.29, 1.82) is 0 Å². The van der Waals surface area contributed by atoms with Crippen molar-refractivity contribution in [2.45, 2.75) is 32.6 Å². The van der Waals surface area contributed by atoms with Crippen LogP contribution in [-0.4, -0.2) is 17.4 Å². The van der Waals surface area contributed by atoms with Crippen LogP contribution >= 0.6 is 38.6 Å². The zero-order valence-electron chi connectivity index (χ0n) is 14.6. The first-order valence-corrected chi connectivity index (χ1v) is 11.1. The molecule has 2 heterocycles. The van der Waals surface area contributed by atoms with Gasteiger partial charge in [-0.05, 0) is 59.8 Å². The molecule has 1 N–H and O–H groups in total. The highest BCUT2D eigenvalue weighted by atomic mass is 79.9. The third-order valence-corrected chi connectivity index (χ3v) is 6.52. The smallest absolute Gasteiger partial charge is 0.220 e. The summed E-state index contributed by atoms with van der Waals surface area (Å²) >= 11 is 6.87. The molecule has 2 aromatic heterocycles. The molecular weight excluding hydrogens is 428 g/mol. The van der Waals surface area contributed by atoms with Crippen molar-refractivity contribution in [2.75, 3.05) is 6.54 Å². The van der Waals surface area contributed by atoms with E-state index in [1.165, 1.54) is 10.4 Å². The van der Waals surface area contributed by atoms with Crippen LogP contribution in [0, 0.1) is 6.92 Å². The maximum absolute atomic E-state index is 11.9. The van der Waals surface area contributed by atoms with Crippen LogP contribution < -0.4 is 5.32 Å². The van der Waals surface area contributed by atoms with Crippen molar-refractivity contribution in [2.24, 2.45) is 0 Å². The van der Waals surface area contributed by atoms with Crippen LogP contribution in [0.2, 0.25) is 0 Å².